The number of amides is 1. The molecular weight excluding hydrogens is 237 g/mol. The molecule has 44 valence electrons. The number of halogens is 1. The van der Waals surface area contributed by atoms with Gasteiger partial charge in [-0.25, -0.2) is 0 Å². The molecule has 0 aromatic heterocycles. The van der Waals surface area contributed by atoms with E-state index in [0.29, 0.717) is 11.3 Å². The standard InChI is InChI=1S/C4H4INOS/c5-6-2-1-3(2)8-4(6)7/h2-3H,1H2. The zero-order chi connectivity index (χ0) is 5.72. The first-order valence-electron chi connectivity index (χ1n) is 2.44. The zero-order valence-corrected chi connectivity index (χ0v) is 6.98. The lowest BCUT2D eigenvalue weighted by Crippen LogP contribution is -2.12. The number of thioether (sulfide) groups is 1. The molecule has 2 atom stereocenters. The Labute approximate surface area is 65.5 Å². The monoisotopic (exact) mass is 241 g/mol. The van der Waals surface area contributed by atoms with E-state index in [4.69, 9.17) is 0 Å². The summed E-state index contributed by atoms with van der Waals surface area (Å²) in [6.07, 6.45) is 1.22. The van der Waals surface area contributed by atoms with Gasteiger partial charge in [0.1, 0.15) is 0 Å². The third-order valence-corrected chi connectivity index (χ3v) is 4.11. The maximum Gasteiger partial charge on any atom is 0.290 e. The summed E-state index contributed by atoms with van der Waals surface area (Å²) < 4.78 is 1.81. The first-order chi connectivity index (χ1) is 3.79. The number of fused-ring (bicyclic) bond motifs is 1. The van der Waals surface area contributed by atoms with Gasteiger partial charge in [0.25, 0.3) is 5.24 Å². The molecule has 1 aliphatic carbocycles. The third kappa shape index (κ3) is 0.586. The highest BCUT2D eigenvalue weighted by Crippen LogP contribution is 2.49. The molecule has 0 radical (unpaired) electrons. The van der Waals surface area contributed by atoms with E-state index in [1.165, 1.54) is 18.2 Å². The lowest BCUT2D eigenvalue weighted by molar-refractivity contribution is 0.252. The molecule has 2 aliphatic rings. The Bertz CT molecular complexity index is 151. The molecule has 1 aliphatic heterocycles. The average molecular weight is 241 g/mol. The molecule has 2 fully saturated rings. The van der Waals surface area contributed by atoms with E-state index in [9.17, 15) is 4.79 Å². The minimum absolute atomic E-state index is 0.242. The lowest BCUT2D eigenvalue weighted by Gasteiger charge is -2.03. The van der Waals surface area contributed by atoms with Crippen LogP contribution in [-0.2, 0) is 0 Å². The number of hydrogen-bond donors (Lipinski definition) is 0. The molecule has 0 spiro atoms. The van der Waals surface area contributed by atoms with Crippen molar-refractivity contribution in [1.29, 1.82) is 0 Å². The molecule has 2 rings (SSSR count). The van der Waals surface area contributed by atoms with Crippen LogP contribution in [0.4, 0.5) is 4.79 Å². The summed E-state index contributed by atoms with van der Waals surface area (Å²) in [5.74, 6) is 0. The van der Waals surface area contributed by atoms with Gasteiger partial charge in [-0.1, -0.05) is 11.8 Å². The summed E-state index contributed by atoms with van der Waals surface area (Å²) >= 11 is 3.57. The predicted octanol–water partition coefficient (Wildman–Crippen LogP) is 1.65. The minimum atomic E-state index is 0.242. The lowest BCUT2D eigenvalue weighted by atomic mass is 10.7. The fraction of sp³-hybridized carbons (Fsp3) is 0.750. The van der Waals surface area contributed by atoms with Gasteiger partial charge in [-0.05, 0) is 6.42 Å². The largest absolute Gasteiger partial charge is 0.290 e. The maximum atomic E-state index is 10.7. The van der Waals surface area contributed by atoms with Gasteiger partial charge in [-0.2, -0.15) is 0 Å². The van der Waals surface area contributed by atoms with E-state index >= 15 is 0 Å². The van der Waals surface area contributed by atoms with E-state index in [1.807, 2.05) is 3.11 Å². The summed E-state index contributed by atoms with van der Waals surface area (Å²) in [5.41, 5.74) is 0. The number of carbonyl (C=O) groups excluding carboxylic acids is 1. The first kappa shape index (κ1) is 5.34. The van der Waals surface area contributed by atoms with Gasteiger partial charge < -0.3 is 0 Å². The van der Waals surface area contributed by atoms with Crippen molar-refractivity contribution >= 4 is 39.9 Å². The summed E-state index contributed by atoms with van der Waals surface area (Å²) in [7, 11) is 0. The van der Waals surface area contributed by atoms with Crippen molar-refractivity contribution in [3.8, 4) is 0 Å². The van der Waals surface area contributed by atoms with E-state index < -0.39 is 0 Å². The molecule has 0 aromatic rings. The summed E-state index contributed by atoms with van der Waals surface area (Å²) in [6, 6.07) is 0.591. The topological polar surface area (TPSA) is 20.3 Å². The Kier molecular flexibility index (Phi) is 1.02. The zero-order valence-electron chi connectivity index (χ0n) is 4.00. The second-order valence-electron chi connectivity index (χ2n) is 2.04. The van der Waals surface area contributed by atoms with Crippen LogP contribution >= 0.6 is 34.6 Å². The fourth-order valence-electron chi connectivity index (χ4n) is 0.840. The molecule has 2 unspecified atom stereocenters. The van der Waals surface area contributed by atoms with Gasteiger partial charge >= 0.3 is 0 Å². The number of carbonyl (C=O) groups is 1. The molecule has 4 heteroatoms. The fourth-order valence-corrected chi connectivity index (χ4v) is 3.08. The highest BCUT2D eigenvalue weighted by atomic mass is 127. The molecule has 1 amide bonds. The normalized spacial score (nSPS) is 42.6. The molecule has 8 heavy (non-hydrogen) atoms. The SMILES string of the molecule is O=C1SC2CC2N1I. The van der Waals surface area contributed by atoms with Crippen LogP contribution in [0, 0.1) is 0 Å². The Morgan fingerprint density at radius 2 is 2.62 bits per heavy atom. The summed E-state index contributed by atoms with van der Waals surface area (Å²) in [6.45, 7) is 0. The molecule has 2 nitrogen and oxygen atoms in total. The van der Waals surface area contributed by atoms with Crippen molar-refractivity contribution in [3.05, 3.63) is 0 Å². The molecule has 1 saturated carbocycles. The number of rotatable bonds is 0. The predicted molar refractivity (Wildman–Crippen MR) is 41.0 cm³/mol. The molecule has 0 bridgehead atoms. The van der Waals surface area contributed by atoms with Crippen LogP contribution in [-0.4, -0.2) is 19.6 Å². The molecular formula is C4H4INOS. The summed E-state index contributed by atoms with van der Waals surface area (Å²) in [4.78, 5) is 10.7. The van der Waals surface area contributed by atoms with Crippen LogP contribution in [0.1, 0.15) is 6.42 Å². The Balaban J connectivity index is 2.19. The Hall–Kier alpha value is 0.550. The van der Waals surface area contributed by atoms with Crippen LogP contribution < -0.4 is 0 Å². The van der Waals surface area contributed by atoms with Crippen LogP contribution in [0.3, 0.4) is 0 Å². The van der Waals surface area contributed by atoms with Gasteiger partial charge in [0.2, 0.25) is 0 Å². The Morgan fingerprint density at radius 3 is 2.88 bits per heavy atom. The van der Waals surface area contributed by atoms with Crippen molar-refractivity contribution in [2.24, 2.45) is 0 Å². The molecule has 1 saturated heterocycles. The second-order valence-corrected chi connectivity index (χ2v) is 4.27. The third-order valence-electron chi connectivity index (χ3n) is 1.42. The van der Waals surface area contributed by atoms with E-state index in [2.05, 4.69) is 22.9 Å². The van der Waals surface area contributed by atoms with Crippen molar-refractivity contribution in [3.63, 3.8) is 0 Å². The first-order valence-corrected chi connectivity index (χ1v) is 4.29. The van der Waals surface area contributed by atoms with Gasteiger partial charge in [0, 0.05) is 5.25 Å². The number of hydrogen-bond acceptors (Lipinski definition) is 2. The van der Waals surface area contributed by atoms with E-state index in [0.717, 1.165) is 0 Å². The van der Waals surface area contributed by atoms with Crippen LogP contribution in [0.5, 0.6) is 0 Å². The van der Waals surface area contributed by atoms with Crippen molar-refractivity contribution < 1.29 is 4.79 Å². The van der Waals surface area contributed by atoms with Crippen LogP contribution in [0.25, 0.3) is 0 Å². The minimum Gasteiger partial charge on any atom is -0.271 e. The van der Waals surface area contributed by atoms with Crippen molar-refractivity contribution in [2.45, 2.75) is 17.7 Å². The van der Waals surface area contributed by atoms with Gasteiger partial charge in [-0.3, -0.25) is 7.91 Å². The van der Waals surface area contributed by atoms with Crippen molar-refractivity contribution in [2.75, 3.05) is 0 Å². The summed E-state index contributed by atoms with van der Waals surface area (Å²) in [5, 5.41) is 0.895. The van der Waals surface area contributed by atoms with Crippen LogP contribution in [0.2, 0.25) is 0 Å². The van der Waals surface area contributed by atoms with Gasteiger partial charge in [0.15, 0.2) is 0 Å². The molecule has 0 N–H and O–H groups in total. The van der Waals surface area contributed by atoms with Gasteiger partial charge in [-0.15, -0.1) is 0 Å². The van der Waals surface area contributed by atoms with E-state index in [-0.39, 0.29) is 5.24 Å². The number of nitrogens with zero attached hydrogens (tertiary/aromatic N) is 1. The van der Waals surface area contributed by atoms with Crippen LogP contribution in [0.15, 0.2) is 0 Å². The Morgan fingerprint density at radius 1 is 1.88 bits per heavy atom. The molecule has 0 aromatic carbocycles. The quantitative estimate of drug-likeness (QED) is 0.474. The molecule has 1 heterocycles. The highest BCUT2D eigenvalue weighted by molar-refractivity contribution is 14.1. The van der Waals surface area contributed by atoms with Crippen molar-refractivity contribution in [1.82, 2.24) is 3.11 Å². The smallest absolute Gasteiger partial charge is 0.271 e. The van der Waals surface area contributed by atoms with E-state index in [1.54, 1.807) is 0 Å². The highest BCUT2D eigenvalue weighted by Gasteiger charge is 2.51. The second kappa shape index (κ2) is 1.53. The maximum absolute atomic E-state index is 10.7. The average Bonchev–Trinajstić information content (AvgIpc) is 2.39. The van der Waals surface area contributed by atoms with Gasteiger partial charge in [0.05, 0.1) is 28.9 Å².